The van der Waals surface area contributed by atoms with E-state index in [1.54, 1.807) is 12.1 Å². The molecule has 0 amide bonds. The van der Waals surface area contributed by atoms with Gasteiger partial charge >= 0.3 is 6.61 Å². The van der Waals surface area contributed by atoms with E-state index in [0.717, 1.165) is 25.1 Å². The van der Waals surface area contributed by atoms with Crippen LogP contribution in [0.3, 0.4) is 0 Å². The van der Waals surface area contributed by atoms with E-state index in [0.29, 0.717) is 6.54 Å². The van der Waals surface area contributed by atoms with Crippen molar-refractivity contribution >= 4 is 0 Å². The van der Waals surface area contributed by atoms with Gasteiger partial charge in [-0.2, -0.15) is 8.78 Å². The average molecular weight is 242 g/mol. The van der Waals surface area contributed by atoms with Crippen LogP contribution in [0, 0.1) is 0 Å². The summed E-state index contributed by atoms with van der Waals surface area (Å²) in [5.41, 5.74) is 6.58. The Labute approximate surface area is 99.2 Å². The van der Waals surface area contributed by atoms with Gasteiger partial charge in [0.05, 0.1) is 0 Å². The van der Waals surface area contributed by atoms with E-state index in [9.17, 15) is 8.78 Å². The molecule has 0 bridgehead atoms. The summed E-state index contributed by atoms with van der Waals surface area (Å²) in [5.74, 6) is 0.253. The van der Waals surface area contributed by atoms with E-state index < -0.39 is 6.61 Å². The largest absolute Gasteiger partial charge is 0.434 e. The summed E-state index contributed by atoms with van der Waals surface area (Å²) in [7, 11) is 0. The van der Waals surface area contributed by atoms with E-state index >= 15 is 0 Å². The highest BCUT2D eigenvalue weighted by Crippen LogP contribution is 2.23. The molecule has 0 aromatic heterocycles. The smallest absolute Gasteiger partial charge is 0.387 e. The number of halogens is 2. The number of hydrogen-bond donors (Lipinski definition) is 1. The van der Waals surface area contributed by atoms with Gasteiger partial charge in [0.15, 0.2) is 0 Å². The molecule has 0 saturated carbocycles. The second-order valence-electron chi connectivity index (χ2n) is 4.27. The second-order valence-corrected chi connectivity index (χ2v) is 4.27. The van der Waals surface area contributed by atoms with Gasteiger partial charge in [-0.15, -0.1) is 0 Å². The number of likely N-dealkylation sites (tertiary alicyclic amines) is 1. The van der Waals surface area contributed by atoms with Gasteiger partial charge < -0.3 is 10.5 Å². The van der Waals surface area contributed by atoms with Crippen molar-refractivity contribution in [2.75, 3.05) is 13.1 Å². The molecule has 1 aliphatic rings. The lowest BCUT2D eigenvalue weighted by molar-refractivity contribution is -0.0507. The Hall–Kier alpha value is -1.20. The standard InChI is InChI=1S/C12H16F2N2O/c13-12(14)17-11-4-2-1-3-9(11)7-16-6-5-10(15)8-16/h1-4,10,12H,5-8,15H2/t10-/m1/s1. The molecule has 17 heavy (non-hydrogen) atoms. The van der Waals surface area contributed by atoms with Crippen LogP contribution in [0.25, 0.3) is 0 Å². The Balaban J connectivity index is 2.04. The van der Waals surface area contributed by atoms with Crippen LogP contribution in [0.1, 0.15) is 12.0 Å². The number of rotatable bonds is 4. The Morgan fingerprint density at radius 1 is 1.41 bits per heavy atom. The topological polar surface area (TPSA) is 38.5 Å². The molecule has 5 heteroatoms. The zero-order valence-corrected chi connectivity index (χ0v) is 9.48. The van der Waals surface area contributed by atoms with Crippen molar-refractivity contribution in [2.24, 2.45) is 5.73 Å². The minimum Gasteiger partial charge on any atom is -0.434 e. The van der Waals surface area contributed by atoms with E-state index in [2.05, 4.69) is 9.64 Å². The molecule has 1 aliphatic heterocycles. The van der Waals surface area contributed by atoms with Crippen molar-refractivity contribution in [3.05, 3.63) is 29.8 Å². The van der Waals surface area contributed by atoms with Crippen LogP contribution in [0.4, 0.5) is 8.78 Å². The minimum atomic E-state index is -2.78. The SMILES string of the molecule is N[C@@H]1CCN(Cc2ccccc2OC(F)F)C1. The zero-order valence-electron chi connectivity index (χ0n) is 9.48. The van der Waals surface area contributed by atoms with Crippen LogP contribution < -0.4 is 10.5 Å². The van der Waals surface area contributed by atoms with Crippen LogP contribution in [0.15, 0.2) is 24.3 Å². The zero-order chi connectivity index (χ0) is 12.3. The Bertz CT molecular complexity index is 373. The van der Waals surface area contributed by atoms with Crippen LogP contribution in [0.5, 0.6) is 5.75 Å². The van der Waals surface area contributed by atoms with Gasteiger partial charge in [0.25, 0.3) is 0 Å². The van der Waals surface area contributed by atoms with Crippen LogP contribution in [-0.4, -0.2) is 30.6 Å². The molecule has 0 radical (unpaired) electrons. The molecule has 94 valence electrons. The third-order valence-corrected chi connectivity index (χ3v) is 2.89. The molecule has 0 spiro atoms. The Kier molecular flexibility index (Phi) is 3.91. The third kappa shape index (κ3) is 3.38. The van der Waals surface area contributed by atoms with Crippen molar-refractivity contribution in [1.29, 1.82) is 0 Å². The fourth-order valence-corrected chi connectivity index (χ4v) is 2.09. The first-order chi connectivity index (χ1) is 8.15. The van der Waals surface area contributed by atoms with E-state index in [4.69, 9.17) is 5.73 Å². The molecule has 2 rings (SSSR count). The summed E-state index contributed by atoms with van der Waals surface area (Å²) in [6, 6.07) is 7.08. The molecule has 1 aromatic carbocycles. The molecular formula is C12H16F2N2O. The molecule has 0 aliphatic carbocycles. The van der Waals surface area contributed by atoms with Crippen molar-refractivity contribution in [1.82, 2.24) is 4.90 Å². The normalized spacial score (nSPS) is 21.1. The molecule has 1 fully saturated rings. The maximum Gasteiger partial charge on any atom is 0.387 e. The van der Waals surface area contributed by atoms with Gasteiger partial charge in [-0.25, -0.2) is 0 Å². The van der Waals surface area contributed by atoms with Crippen LogP contribution in [0.2, 0.25) is 0 Å². The fourth-order valence-electron chi connectivity index (χ4n) is 2.09. The van der Waals surface area contributed by atoms with Crippen LogP contribution >= 0.6 is 0 Å². The average Bonchev–Trinajstić information content (AvgIpc) is 2.66. The highest BCUT2D eigenvalue weighted by atomic mass is 19.3. The number of nitrogens with two attached hydrogens (primary N) is 1. The minimum absolute atomic E-state index is 0.193. The Morgan fingerprint density at radius 3 is 2.82 bits per heavy atom. The molecule has 0 unspecified atom stereocenters. The summed E-state index contributed by atoms with van der Waals surface area (Å²) in [5, 5.41) is 0. The lowest BCUT2D eigenvalue weighted by Gasteiger charge is -2.17. The first-order valence-corrected chi connectivity index (χ1v) is 5.66. The summed E-state index contributed by atoms with van der Waals surface area (Å²) in [6.07, 6.45) is 0.956. The van der Waals surface area contributed by atoms with Crippen molar-refractivity contribution < 1.29 is 13.5 Å². The lowest BCUT2D eigenvalue weighted by Crippen LogP contribution is -2.26. The molecular weight excluding hydrogens is 226 g/mol. The number of hydrogen-bond acceptors (Lipinski definition) is 3. The van der Waals surface area contributed by atoms with Crippen molar-refractivity contribution in [2.45, 2.75) is 25.6 Å². The van der Waals surface area contributed by atoms with Crippen LogP contribution in [-0.2, 0) is 6.54 Å². The number of benzene rings is 1. The number of ether oxygens (including phenoxy) is 1. The molecule has 2 N–H and O–H groups in total. The van der Waals surface area contributed by atoms with Crippen molar-refractivity contribution in [3.63, 3.8) is 0 Å². The van der Waals surface area contributed by atoms with Gasteiger partial charge in [-0.1, -0.05) is 18.2 Å². The second kappa shape index (κ2) is 5.42. The van der Waals surface area contributed by atoms with Gasteiger partial charge in [0.1, 0.15) is 5.75 Å². The van der Waals surface area contributed by atoms with Gasteiger partial charge in [0.2, 0.25) is 0 Å². The predicted octanol–water partition coefficient (Wildman–Crippen LogP) is 1.82. The quantitative estimate of drug-likeness (QED) is 0.875. The molecule has 1 aromatic rings. The van der Waals surface area contributed by atoms with E-state index in [1.807, 2.05) is 12.1 Å². The van der Waals surface area contributed by atoms with Crippen molar-refractivity contribution in [3.8, 4) is 5.75 Å². The van der Waals surface area contributed by atoms with Gasteiger partial charge in [-0.05, 0) is 12.5 Å². The monoisotopic (exact) mass is 242 g/mol. The molecule has 1 saturated heterocycles. The summed E-state index contributed by atoms with van der Waals surface area (Å²) in [6.45, 7) is -0.457. The number of para-hydroxylation sites is 1. The highest BCUT2D eigenvalue weighted by Gasteiger charge is 2.20. The van der Waals surface area contributed by atoms with E-state index in [1.165, 1.54) is 0 Å². The summed E-state index contributed by atoms with van der Waals surface area (Å²) >= 11 is 0. The third-order valence-electron chi connectivity index (χ3n) is 2.89. The highest BCUT2D eigenvalue weighted by molar-refractivity contribution is 5.33. The first-order valence-electron chi connectivity index (χ1n) is 5.66. The summed E-state index contributed by atoms with van der Waals surface area (Å²) < 4.78 is 28.9. The molecule has 1 heterocycles. The molecule has 1 atom stereocenters. The van der Waals surface area contributed by atoms with Gasteiger partial charge in [-0.3, -0.25) is 4.90 Å². The first kappa shape index (κ1) is 12.3. The Morgan fingerprint density at radius 2 is 2.18 bits per heavy atom. The number of alkyl halides is 2. The fraction of sp³-hybridized carbons (Fsp3) is 0.500. The predicted molar refractivity (Wildman–Crippen MR) is 60.9 cm³/mol. The maximum absolute atomic E-state index is 12.2. The molecule has 3 nitrogen and oxygen atoms in total. The number of nitrogens with zero attached hydrogens (tertiary/aromatic N) is 1. The summed E-state index contributed by atoms with van der Waals surface area (Å²) in [4.78, 5) is 2.15. The van der Waals surface area contributed by atoms with Gasteiger partial charge in [0, 0.05) is 31.2 Å². The maximum atomic E-state index is 12.2. The lowest BCUT2D eigenvalue weighted by atomic mass is 10.2. The van der Waals surface area contributed by atoms with E-state index in [-0.39, 0.29) is 11.8 Å².